The summed E-state index contributed by atoms with van der Waals surface area (Å²) in [5, 5.41) is 2.92. The summed E-state index contributed by atoms with van der Waals surface area (Å²) in [6.07, 6.45) is 1.59. The van der Waals surface area contributed by atoms with Crippen LogP contribution >= 0.6 is 31.9 Å². The fourth-order valence-corrected chi connectivity index (χ4v) is 3.21. The maximum atomic E-state index is 14.3. The van der Waals surface area contributed by atoms with Crippen molar-refractivity contribution >= 4 is 31.9 Å². The average molecular weight is 406 g/mol. The Morgan fingerprint density at radius 3 is 2.55 bits per heavy atom. The first-order valence-electron chi connectivity index (χ1n) is 5.88. The van der Waals surface area contributed by atoms with E-state index in [1.54, 1.807) is 26.2 Å². The van der Waals surface area contributed by atoms with E-state index in [2.05, 4.69) is 42.2 Å². The van der Waals surface area contributed by atoms with Crippen LogP contribution in [0.2, 0.25) is 0 Å². The molecule has 0 aliphatic rings. The van der Waals surface area contributed by atoms with Crippen LogP contribution in [0.25, 0.3) is 0 Å². The number of nitrogens with one attached hydrogen (secondary N) is 1. The molecule has 1 aromatic carbocycles. The first-order valence-corrected chi connectivity index (χ1v) is 7.47. The van der Waals surface area contributed by atoms with Crippen LogP contribution in [0.5, 0.6) is 0 Å². The minimum atomic E-state index is -0.669. The van der Waals surface area contributed by atoms with Crippen LogP contribution in [0.3, 0.4) is 0 Å². The number of nitrogens with zero attached hydrogens (tertiary/aromatic N) is 1. The zero-order chi connectivity index (χ0) is 14.9. The molecule has 106 valence electrons. The molecule has 1 N–H and O–H groups in total. The molecule has 1 unspecified atom stereocenters. The molecule has 1 atom stereocenters. The lowest BCUT2D eigenvalue weighted by molar-refractivity contribution is 0.512. The highest BCUT2D eigenvalue weighted by Gasteiger charge is 2.24. The zero-order valence-electron chi connectivity index (χ0n) is 10.8. The van der Waals surface area contributed by atoms with E-state index in [4.69, 9.17) is 0 Å². The lowest BCUT2D eigenvalue weighted by Crippen LogP contribution is -2.22. The first-order chi connectivity index (χ1) is 9.45. The van der Waals surface area contributed by atoms with E-state index in [9.17, 15) is 8.78 Å². The third-order valence-electron chi connectivity index (χ3n) is 3.01. The van der Waals surface area contributed by atoms with Gasteiger partial charge in [-0.1, -0.05) is 6.07 Å². The Labute approximate surface area is 132 Å². The van der Waals surface area contributed by atoms with Gasteiger partial charge in [-0.05, 0) is 63.5 Å². The molecule has 1 heterocycles. The summed E-state index contributed by atoms with van der Waals surface area (Å²) in [7, 11) is 1.64. The first kappa shape index (κ1) is 15.5. The van der Waals surface area contributed by atoms with Crippen molar-refractivity contribution in [2.75, 3.05) is 7.05 Å². The SMILES string of the molecule is CNC(c1ncc(Br)cc1Br)c1c(F)ccc(C)c1F. The number of hydrogen-bond donors (Lipinski definition) is 1. The Bertz CT molecular complexity index is 647. The number of pyridine rings is 1. The van der Waals surface area contributed by atoms with Crippen LogP contribution in [0.1, 0.15) is 22.9 Å². The van der Waals surface area contributed by atoms with E-state index >= 15 is 0 Å². The molecule has 0 fully saturated rings. The predicted octanol–water partition coefficient (Wildman–Crippen LogP) is 4.50. The van der Waals surface area contributed by atoms with Gasteiger partial charge in [-0.15, -0.1) is 0 Å². The molecule has 0 saturated carbocycles. The maximum Gasteiger partial charge on any atom is 0.134 e. The molecule has 2 rings (SSSR count). The van der Waals surface area contributed by atoms with Crippen molar-refractivity contribution in [1.82, 2.24) is 10.3 Å². The van der Waals surface area contributed by atoms with Crippen molar-refractivity contribution in [3.63, 3.8) is 0 Å². The minimum Gasteiger partial charge on any atom is -0.308 e. The van der Waals surface area contributed by atoms with Gasteiger partial charge < -0.3 is 5.32 Å². The Morgan fingerprint density at radius 1 is 1.25 bits per heavy atom. The highest BCUT2D eigenvalue weighted by atomic mass is 79.9. The zero-order valence-corrected chi connectivity index (χ0v) is 14.0. The summed E-state index contributed by atoms with van der Waals surface area (Å²) >= 11 is 6.68. The maximum absolute atomic E-state index is 14.3. The van der Waals surface area contributed by atoms with Crippen molar-refractivity contribution < 1.29 is 8.78 Å². The number of halogens is 4. The molecule has 2 aromatic rings. The number of aryl methyl sites for hydroxylation is 1. The summed E-state index contributed by atoms with van der Waals surface area (Å²) in [6.45, 7) is 1.61. The molecule has 20 heavy (non-hydrogen) atoms. The number of benzene rings is 1. The second kappa shape index (κ2) is 6.28. The fourth-order valence-electron chi connectivity index (χ4n) is 2.00. The van der Waals surface area contributed by atoms with Crippen molar-refractivity contribution in [2.45, 2.75) is 13.0 Å². The molecular formula is C14H12Br2F2N2. The second-order valence-corrected chi connectivity index (χ2v) is 6.10. The van der Waals surface area contributed by atoms with Gasteiger partial charge in [-0.25, -0.2) is 8.78 Å². The van der Waals surface area contributed by atoms with Crippen molar-refractivity contribution in [2.24, 2.45) is 0 Å². The van der Waals surface area contributed by atoms with Crippen LogP contribution in [0, 0.1) is 18.6 Å². The molecule has 0 aliphatic carbocycles. The Hall–Kier alpha value is -0.850. The summed E-state index contributed by atoms with van der Waals surface area (Å²) in [5.74, 6) is -1.15. The van der Waals surface area contributed by atoms with Gasteiger partial charge in [0.1, 0.15) is 11.6 Å². The number of hydrogen-bond acceptors (Lipinski definition) is 2. The molecule has 0 radical (unpaired) electrons. The Morgan fingerprint density at radius 2 is 1.95 bits per heavy atom. The van der Waals surface area contributed by atoms with Gasteiger partial charge in [-0.2, -0.15) is 0 Å². The second-order valence-electron chi connectivity index (χ2n) is 4.33. The summed E-state index contributed by atoms with van der Waals surface area (Å²) < 4.78 is 29.8. The van der Waals surface area contributed by atoms with Gasteiger partial charge >= 0.3 is 0 Å². The largest absolute Gasteiger partial charge is 0.308 e. The van der Waals surface area contributed by atoms with Gasteiger partial charge in [-0.3, -0.25) is 4.98 Å². The third-order valence-corrected chi connectivity index (χ3v) is 4.08. The Balaban J connectivity index is 2.61. The standard InChI is InChI=1S/C14H12Br2F2N2/c1-7-3-4-10(17)11(12(7)18)14(19-2)13-9(16)5-8(15)6-20-13/h3-6,14,19H,1-2H3. The van der Waals surface area contributed by atoms with Gasteiger partial charge in [0.15, 0.2) is 0 Å². The van der Waals surface area contributed by atoms with Crippen molar-refractivity contribution in [3.05, 3.63) is 61.8 Å². The van der Waals surface area contributed by atoms with Gasteiger partial charge in [0.05, 0.1) is 11.7 Å². The van der Waals surface area contributed by atoms with Crippen molar-refractivity contribution in [1.29, 1.82) is 0 Å². The Kier molecular flexibility index (Phi) is 4.88. The lowest BCUT2D eigenvalue weighted by atomic mass is 9.99. The van der Waals surface area contributed by atoms with Crippen LogP contribution in [-0.2, 0) is 0 Å². The molecule has 1 aromatic heterocycles. The van der Waals surface area contributed by atoms with Crippen LogP contribution in [0.15, 0.2) is 33.3 Å². The van der Waals surface area contributed by atoms with Gasteiger partial charge in [0, 0.05) is 20.7 Å². The molecule has 0 spiro atoms. The van der Waals surface area contributed by atoms with Gasteiger partial charge in [0.25, 0.3) is 0 Å². The third kappa shape index (κ3) is 2.92. The van der Waals surface area contributed by atoms with Crippen molar-refractivity contribution in [3.8, 4) is 0 Å². The fraction of sp³-hybridized carbons (Fsp3) is 0.214. The minimum absolute atomic E-state index is 0.0250. The normalized spacial score (nSPS) is 12.5. The van der Waals surface area contributed by atoms with Gasteiger partial charge in [0.2, 0.25) is 0 Å². The summed E-state index contributed by atoms with van der Waals surface area (Å²) in [4.78, 5) is 4.25. The molecule has 0 bridgehead atoms. The summed E-state index contributed by atoms with van der Waals surface area (Å²) in [5.41, 5.74) is 0.900. The molecule has 0 saturated heterocycles. The quantitative estimate of drug-likeness (QED) is 0.812. The van der Waals surface area contributed by atoms with Crippen LogP contribution in [0.4, 0.5) is 8.78 Å². The molecule has 6 heteroatoms. The monoisotopic (exact) mass is 404 g/mol. The van der Waals surface area contributed by atoms with Crippen LogP contribution in [-0.4, -0.2) is 12.0 Å². The molecule has 0 aliphatic heterocycles. The van der Waals surface area contributed by atoms with E-state index in [1.807, 2.05) is 0 Å². The summed E-state index contributed by atoms with van der Waals surface area (Å²) in [6, 6.07) is 3.81. The van der Waals surface area contributed by atoms with E-state index in [1.165, 1.54) is 12.1 Å². The van der Waals surface area contributed by atoms with E-state index in [0.717, 1.165) is 4.47 Å². The molecule has 2 nitrogen and oxygen atoms in total. The predicted molar refractivity (Wildman–Crippen MR) is 81.6 cm³/mol. The number of aromatic nitrogens is 1. The van der Waals surface area contributed by atoms with E-state index in [0.29, 0.717) is 15.7 Å². The lowest BCUT2D eigenvalue weighted by Gasteiger charge is -2.19. The molecular weight excluding hydrogens is 394 g/mol. The number of rotatable bonds is 3. The highest BCUT2D eigenvalue weighted by molar-refractivity contribution is 9.11. The smallest absolute Gasteiger partial charge is 0.134 e. The highest BCUT2D eigenvalue weighted by Crippen LogP contribution is 2.32. The average Bonchev–Trinajstić information content (AvgIpc) is 2.40. The van der Waals surface area contributed by atoms with E-state index < -0.39 is 17.7 Å². The topological polar surface area (TPSA) is 24.9 Å². The molecule has 0 amide bonds. The van der Waals surface area contributed by atoms with E-state index in [-0.39, 0.29) is 5.56 Å². The van der Waals surface area contributed by atoms with Crippen LogP contribution < -0.4 is 5.32 Å².